The van der Waals surface area contributed by atoms with E-state index in [4.69, 9.17) is 10.5 Å². The normalized spacial score (nSPS) is 14.9. The maximum absolute atomic E-state index is 6.19. The molecule has 0 aliphatic heterocycles. The maximum Gasteiger partial charge on any atom is 0.0597 e. The molecule has 0 radical (unpaired) electrons. The minimum absolute atomic E-state index is 0.0881. The molecule has 0 aromatic heterocycles. The van der Waals surface area contributed by atoms with Crippen molar-refractivity contribution in [2.75, 3.05) is 20.2 Å². The van der Waals surface area contributed by atoms with E-state index in [-0.39, 0.29) is 18.2 Å². The Morgan fingerprint density at radius 1 is 1.21 bits per heavy atom. The minimum Gasteiger partial charge on any atom is -0.377 e. The number of benzene rings is 1. The Balaban J connectivity index is 2.75. The quantitative estimate of drug-likeness (QED) is 0.823. The van der Waals surface area contributed by atoms with Crippen LogP contribution in [0, 0.1) is 6.92 Å². The van der Waals surface area contributed by atoms with Crippen LogP contribution in [0.4, 0.5) is 0 Å². The zero-order chi connectivity index (χ0) is 14.4. The second kappa shape index (κ2) is 7.63. The SMILES string of the molecule is Cc1ccccc1C(C(C)N)N(C)CCOC(C)C. The van der Waals surface area contributed by atoms with Crippen molar-refractivity contribution < 1.29 is 4.74 Å². The first-order chi connectivity index (χ1) is 8.93. The Bertz CT molecular complexity index is 377. The van der Waals surface area contributed by atoms with Crippen LogP contribution in [0.2, 0.25) is 0 Å². The van der Waals surface area contributed by atoms with Gasteiger partial charge in [0.1, 0.15) is 0 Å². The summed E-state index contributed by atoms with van der Waals surface area (Å²) in [6.45, 7) is 9.96. The van der Waals surface area contributed by atoms with Crippen molar-refractivity contribution in [2.45, 2.75) is 45.9 Å². The highest BCUT2D eigenvalue weighted by Gasteiger charge is 2.22. The summed E-state index contributed by atoms with van der Waals surface area (Å²) in [5.74, 6) is 0. The predicted molar refractivity (Wildman–Crippen MR) is 81.3 cm³/mol. The van der Waals surface area contributed by atoms with Crippen molar-refractivity contribution in [3.8, 4) is 0 Å². The number of hydrogen-bond acceptors (Lipinski definition) is 3. The van der Waals surface area contributed by atoms with Crippen LogP contribution >= 0.6 is 0 Å². The summed E-state index contributed by atoms with van der Waals surface area (Å²) in [5.41, 5.74) is 8.79. The second-order valence-corrected chi connectivity index (χ2v) is 5.56. The summed E-state index contributed by atoms with van der Waals surface area (Å²) in [5, 5.41) is 0. The highest BCUT2D eigenvalue weighted by molar-refractivity contribution is 5.29. The van der Waals surface area contributed by atoms with Crippen LogP contribution in [0.25, 0.3) is 0 Å². The topological polar surface area (TPSA) is 38.5 Å². The fraction of sp³-hybridized carbons (Fsp3) is 0.625. The van der Waals surface area contributed by atoms with Crippen LogP contribution in [0.5, 0.6) is 0 Å². The van der Waals surface area contributed by atoms with Gasteiger partial charge in [0.2, 0.25) is 0 Å². The molecule has 0 heterocycles. The third-order valence-corrected chi connectivity index (χ3v) is 3.38. The molecular weight excluding hydrogens is 236 g/mol. The summed E-state index contributed by atoms with van der Waals surface area (Å²) in [6.07, 6.45) is 0.278. The summed E-state index contributed by atoms with van der Waals surface area (Å²) < 4.78 is 5.63. The second-order valence-electron chi connectivity index (χ2n) is 5.56. The van der Waals surface area contributed by atoms with Gasteiger partial charge in [-0.15, -0.1) is 0 Å². The minimum atomic E-state index is 0.0881. The lowest BCUT2D eigenvalue weighted by Crippen LogP contribution is -2.39. The van der Waals surface area contributed by atoms with E-state index >= 15 is 0 Å². The molecule has 19 heavy (non-hydrogen) atoms. The highest BCUT2D eigenvalue weighted by Crippen LogP contribution is 2.24. The Hall–Kier alpha value is -0.900. The van der Waals surface area contributed by atoms with E-state index in [1.807, 2.05) is 0 Å². The zero-order valence-corrected chi connectivity index (χ0v) is 12.9. The van der Waals surface area contributed by atoms with Gasteiger partial charge in [-0.1, -0.05) is 24.3 Å². The molecule has 2 atom stereocenters. The van der Waals surface area contributed by atoms with Crippen LogP contribution in [0.1, 0.15) is 37.9 Å². The molecule has 0 amide bonds. The van der Waals surface area contributed by atoms with Crippen LogP contribution in [0.3, 0.4) is 0 Å². The van der Waals surface area contributed by atoms with Crippen LogP contribution in [-0.4, -0.2) is 37.2 Å². The number of likely N-dealkylation sites (N-methyl/N-ethyl adjacent to an activating group) is 1. The van der Waals surface area contributed by atoms with E-state index in [1.54, 1.807) is 0 Å². The summed E-state index contributed by atoms with van der Waals surface area (Å²) in [4.78, 5) is 2.29. The monoisotopic (exact) mass is 264 g/mol. The van der Waals surface area contributed by atoms with E-state index in [9.17, 15) is 0 Å². The molecule has 0 saturated heterocycles. The largest absolute Gasteiger partial charge is 0.377 e. The van der Waals surface area contributed by atoms with Crippen LogP contribution in [-0.2, 0) is 4.74 Å². The van der Waals surface area contributed by atoms with E-state index < -0.39 is 0 Å². The fourth-order valence-corrected chi connectivity index (χ4v) is 2.41. The number of rotatable bonds is 7. The predicted octanol–water partition coefficient (Wildman–Crippen LogP) is 2.74. The van der Waals surface area contributed by atoms with E-state index in [2.05, 4.69) is 63.9 Å². The first-order valence-electron chi connectivity index (χ1n) is 7.06. The molecule has 2 N–H and O–H groups in total. The van der Waals surface area contributed by atoms with Crippen molar-refractivity contribution in [3.63, 3.8) is 0 Å². The molecule has 3 heteroatoms. The molecule has 0 saturated carbocycles. The lowest BCUT2D eigenvalue weighted by Gasteiger charge is -2.32. The Kier molecular flexibility index (Phi) is 6.49. The van der Waals surface area contributed by atoms with Gasteiger partial charge in [0.05, 0.1) is 12.7 Å². The first kappa shape index (κ1) is 16.2. The molecular formula is C16H28N2O. The number of ether oxygens (including phenoxy) is 1. The summed E-state index contributed by atoms with van der Waals surface area (Å²) in [6, 6.07) is 8.78. The van der Waals surface area contributed by atoms with Crippen LogP contribution < -0.4 is 5.73 Å². The third kappa shape index (κ3) is 4.94. The van der Waals surface area contributed by atoms with Crippen molar-refractivity contribution in [1.29, 1.82) is 0 Å². The molecule has 1 rings (SSSR count). The van der Waals surface area contributed by atoms with Gasteiger partial charge in [0, 0.05) is 18.6 Å². The van der Waals surface area contributed by atoms with Crippen molar-refractivity contribution in [3.05, 3.63) is 35.4 Å². The van der Waals surface area contributed by atoms with Crippen molar-refractivity contribution in [2.24, 2.45) is 5.73 Å². The summed E-state index contributed by atoms with van der Waals surface area (Å²) in [7, 11) is 2.12. The van der Waals surface area contributed by atoms with Gasteiger partial charge in [-0.2, -0.15) is 0 Å². The van der Waals surface area contributed by atoms with E-state index in [0.29, 0.717) is 0 Å². The van der Waals surface area contributed by atoms with Gasteiger partial charge in [0.15, 0.2) is 0 Å². The third-order valence-electron chi connectivity index (χ3n) is 3.38. The lowest BCUT2D eigenvalue weighted by atomic mass is 9.95. The Morgan fingerprint density at radius 3 is 2.37 bits per heavy atom. The Labute approximate surface area is 117 Å². The molecule has 0 fully saturated rings. The molecule has 3 nitrogen and oxygen atoms in total. The lowest BCUT2D eigenvalue weighted by molar-refractivity contribution is 0.0534. The molecule has 1 aromatic rings. The average Bonchev–Trinajstić information content (AvgIpc) is 2.31. The molecule has 0 bridgehead atoms. The van der Waals surface area contributed by atoms with Gasteiger partial charge in [-0.05, 0) is 45.9 Å². The number of aryl methyl sites for hydroxylation is 1. The molecule has 2 unspecified atom stereocenters. The molecule has 0 aliphatic carbocycles. The standard InChI is InChI=1S/C16H28N2O/c1-12(2)19-11-10-18(5)16(14(4)17)15-9-7-6-8-13(15)3/h6-9,12,14,16H,10-11,17H2,1-5H3. The first-order valence-corrected chi connectivity index (χ1v) is 7.06. The van der Waals surface area contributed by atoms with Gasteiger partial charge in [0.25, 0.3) is 0 Å². The van der Waals surface area contributed by atoms with E-state index in [1.165, 1.54) is 11.1 Å². The summed E-state index contributed by atoms with van der Waals surface area (Å²) >= 11 is 0. The highest BCUT2D eigenvalue weighted by atomic mass is 16.5. The Morgan fingerprint density at radius 2 is 1.84 bits per heavy atom. The number of hydrogen-bond donors (Lipinski definition) is 1. The molecule has 0 spiro atoms. The fourth-order valence-electron chi connectivity index (χ4n) is 2.41. The number of nitrogens with zero attached hydrogens (tertiary/aromatic N) is 1. The van der Waals surface area contributed by atoms with Gasteiger partial charge >= 0.3 is 0 Å². The van der Waals surface area contributed by atoms with Gasteiger partial charge in [-0.25, -0.2) is 0 Å². The van der Waals surface area contributed by atoms with Gasteiger partial charge in [-0.3, -0.25) is 4.90 Å². The molecule has 0 aliphatic rings. The zero-order valence-electron chi connectivity index (χ0n) is 12.9. The van der Waals surface area contributed by atoms with Crippen molar-refractivity contribution >= 4 is 0 Å². The molecule has 108 valence electrons. The average molecular weight is 264 g/mol. The smallest absolute Gasteiger partial charge is 0.0597 e. The van der Waals surface area contributed by atoms with Gasteiger partial charge < -0.3 is 10.5 Å². The number of nitrogens with two attached hydrogens (primary N) is 1. The van der Waals surface area contributed by atoms with E-state index in [0.717, 1.165) is 13.2 Å². The molecule has 1 aromatic carbocycles. The van der Waals surface area contributed by atoms with Crippen molar-refractivity contribution in [1.82, 2.24) is 4.90 Å². The maximum atomic E-state index is 6.19. The van der Waals surface area contributed by atoms with Crippen LogP contribution in [0.15, 0.2) is 24.3 Å².